The predicted molar refractivity (Wildman–Crippen MR) is 105 cm³/mol. The highest BCUT2D eigenvalue weighted by atomic mass is 16.5. The number of aryl methyl sites for hydroxylation is 1. The molecule has 6 nitrogen and oxygen atoms in total. The maximum absolute atomic E-state index is 12.9. The first-order chi connectivity index (χ1) is 13.3. The molecule has 0 aliphatic carbocycles. The average molecular weight is 380 g/mol. The highest BCUT2D eigenvalue weighted by molar-refractivity contribution is 6.22. The zero-order valence-corrected chi connectivity index (χ0v) is 16.5. The molecule has 1 N–H and O–H groups in total. The van der Waals surface area contributed by atoms with E-state index in [9.17, 15) is 14.4 Å². The van der Waals surface area contributed by atoms with Gasteiger partial charge in [0.25, 0.3) is 11.8 Å². The van der Waals surface area contributed by atoms with E-state index in [0.717, 1.165) is 21.8 Å². The lowest BCUT2D eigenvalue weighted by molar-refractivity contribution is -0.126. The van der Waals surface area contributed by atoms with Crippen LogP contribution < -0.4 is 10.1 Å². The Labute approximate surface area is 164 Å². The fraction of sp³-hybridized carbons (Fsp3) is 0.318. The molecular formula is C22H24N2O4. The van der Waals surface area contributed by atoms with Crippen molar-refractivity contribution in [3.8, 4) is 5.75 Å². The molecule has 0 radical (unpaired) electrons. The third-order valence-corrected chi connectivity index (χ3v) is 4.94. The molecule has 2 aromatic carbocycles. The van der Waals surface area contributed by atoms with Crippen LogP contribution >= 0.6 is 0 Å². The normalized spacial score (nSPS) is 14.2. The molecule has 3 amide bonds. The van der Waals surface area contributed by atoms with Gasteiger partial charge in [0.05, 0.1) is 18.2 Å². The molecule has 0 aromatic heterocycles. The number of fused-ring (bicyclic) bond motifs is 1. The fourth-order valence-electron chi connectivity index (χ4n) is 3.45. The Morgan fingerprint density at radius 1 is 1.07 bits per heavy atom. The smallest absolute Gasteiger partial charge is 0.262 e. The number of hydrogen-bond donors (Lipinski definition) is 1. The molecule has 3 rings (SSSR count). The topological polar surface area (TPSA) is 75.7 Å². The van der Waals surface area contributed by atoms with Crippen molar-refractivity contribution in [1.29, 1.82) is 0 Å². The summed E-state index contributed by atoms with van der Waals surface area (Å²) in [5.74, 6) is -0.691. The summed E-state index contributed by atoms with van der Waals surface area (Å²) < 4.78 is 5.31. The highest BCUT2D eigenvalue weighted by Crippen LogP contribution is 2.27. The van der Waals surface area contributed by atoms with Crippen molar-refractivity contribution in [3.05, 3.63) is 64.7 Å². The zero-order chi connectivity index (χ0) is 20.4. The second-order valence-corrected chi connectivity index (χ2v) is 7.24. The molecule has 1 heterocycles. The molecule has 0 fully saturated rings. The van der Waals surface area contributed by atoms with Gasteiger partial charge in [-0.25, -0.2) is 0 Å². The first-order valence-electron chi connectivity index (χ1n) is 9.23. The molecule has 1 aliphatic heterocycles. The Balaban J connectivity index is 1.79. The third kappa shape index (κ3) is 3.50. The van der Waals surface area contributed by atoms with E-state index in [1.54, 1.807) is 31.4 Å². The maximum Gasteiger partial charge on any atom is 0.262 e. The van der Waals surface area contributed by atoms with E-state index in [1.165, 1.54) is 0 Å². The van der Waals surface area contributed by atoms with Crippen molar-refractivity contribution in [2.24, 2.45) is 5.92 Å². The van der Waals surface area contributed by atoms with Gasteiger partial charge in [0, 0.05) is 6.54 Å². The van der Waals surface area contributed by atoms with Crippen LogP contribution in [0.2, 0.25) is 0 Å². The van der Waals surface area contributed by atoms with E-state index >= 15 is 0 Å². The number of hydrogen-bond acceptors (Lipinski definition) is 4. The molecule has 2 aromatic rings. The average Bonchev–Trinajstić information content (AvgIpc) is 2.93. The van der Waals surface area contributed by atoms with Crippen LogP contribution in [0.5, 0.6) is 5.75 Å². The molecule has 0 spiro atoms. The van der Waals surface area contributed by atoms with Crippen molar-refractivity contribution in [2.45, 2.75) is 33.4 Å². The van der Waals surface area contributed by atoms with E-state index in [4.69, 9.17) is 4.74 Å². The Morgan fingerprint density at radius 2 is 1.68 bits per heavy atom. The number of carbonyl (C=O) groups excluding carboxylic acids is 3. The number of imide groups is 1. The van der Waals surface area contributed by atoms with Crippen molar-refractivity contribution in [3.63, 3.8) is 0 Å². The lowest BCUT2D eigenvalue weighted by atomic mass is 10.0. The van der Waals surface area contributed by atoms with Gasteiger partial charge in [-0.2, -0.15) is 0 Å². The standard InChI is InChI=1S/C22H24N2O4/c1-13(2)19(24-21(26)16-7-5-6-8-17(16)22(24)27)20(25)23-12-15-10-9-14(3)18(11-15)28-4/h5-11,13,19H,12H2,1-4H3,(H,23,25). The van der Waals surface area contributed by atoms with E-state index in [-0.39, 0.29) is 18.4 Å². The Morgan fingerprint density at radius 3 is 2.21 bits per heavy atom. The number of benzene rings is 2. The van der Waals surface area contributed by atoms with Gasteiger partial charge >= 0.3 is 0 Å². The van der Waals surface area contributed by atoms with Crippen molar-refractivity contribution < 1.29 is 19.1 Å². The number of amides is 3. The van der Waals surface area contributed by atoms with Crippen LogP contribution in [0, 0.1) is 12.8 Å². The van der Waals surface area contributed by atoms with E-state index in [1.807, 2.05) is 39.0 Å². The summed E-state index contributed by atoms with van der Waals surface area (Å²) in [6, 6.07) is 11.5. The van der Waals surface area contributed by atoms with E-state index < -0.39 is 17.9 Å². The second-order valence-electron chi connectivity index (χ2n) is 7.24. The summed E-state index contributed by atoms with van der Waals surface area (Å²) in [5, 5.41) is 2.86. The minimum Gasteiger partial charge on any atom is -0.496 e. The number of carbonyl (C=O) groups is 3. The number of methoxy groups -OCH3 is 1. The summed E-state index contributed by atoms with van der Waals surface area (Å²) >= 11 is 0. The number of nitrogens with one attached hydrogen (secondary N) is 1. The highest BCUT2D eigenvalue weighted by Gasteiger charge is 2.43. The molecule has 1 atom stereocenters. The van der Waals surface area contributed by atoms with Crippen LogP contribution in [0.4, 0.5) is 0 Å². The van der Waals surface area contributed by atoms with E-state index in [0.29, 0.717) is 11.1 Å². The summed E-state index contributed by atoms with van der Waals surface area (Å²) in [7, 11) is 1.60. The molecular weight excluding hydrogens is 356 g/mol. The maximum atomic E-state index is 12.9. The zero-order valence-electron chi connectivity index (χ0n) is 16.5. The van der Waals surface area contributed by atoms with Crippen LogP contribution in [0.25, 0.3) is 0 Å². The van der Waals surface area contributed by atoms with Gasteiger partial charge in [-0.05, 0) is 42.2 Å². The quantitative estimate of drug-likeness (QED) is 0.782. The van der Waals surface area contributed by atoms with Crippen molar-refractivity contribution in [1.82, 2.24) is 10.2 Å². The molecule has 0 bridgehead atoms. The largest absolute Gasteiger partial charge is 0.496 e. The summed E-state index contributed by atoms with van der Waals surface area (Å²) in [6.07, 6.45) is 0. The van der Waals surface area contributed by atoms with Gasteiger partial charge in [0.2, 0.25) is 5.91 Å². The number of nitrogens with zero attached hydrogens (tertiary/aromatic N) is 1. The number of ether oxygens (including phenoxy) is 1. The summed E-state index contributed by atoms with van der Waals surface area (Å²) in [4.78, 5) is 39.5. The monoisotopic (exact) mass is 380 g/mol. The third-order valence-electron chi connectivity index (χ3n) is 4.94. The molecule has 146 valence electrons. The molecule has 0 saturated heterocycles. The summed E-state index contributed by atoms with van der Waals surface area (Å²) in [6.45, 7) is 5.87. The second kappa shape index (κ2) is 7.84. The van der Waals surface area contributed by atoms with Crippen LogP contribution in [0.1, 0.15) is 45.7 Å². The Bertz CT molecular complexity index is 901. The van der Waals surface area contributed by atoms with Crippen molar-refractivity contribution in [2.75, 3.05) is 7.11 Å². The summed E-state index contributed by atoms with van der Waals surface area (Å²) in [5.41, 5.74) is 2.56. The molecule has 0 saturated carbocycles. The lowest BCUT2D eigenvalue weighted by Gasteiger charge is -2.28. The van der Waals surface area contributed by atoms with Gasteiger partial charge in [-0.15, -0.1) is 0 Å². The SMILES string of the molecule is COc1cc(CNC(=O)C(C(C)C)N2C(=O)c3ccccc3C2=O)ccc1C. The van der Waals surface area contributed by atoms with Crippen LogP contribution in [-0.2, 0) is 11.3 Å². The van der Waals surface area contributed by atoms with Crippen LogP contribution in [0.3, 0.4) is 0 Å². The molecule has 1 unspecified atom stereocenters. The predicted octanol–water partition coefficient (Wildman–Crippen LogP) is 2.94. The van der Waals surface area contributed by atoms with Gasteiger partial charge < -0.3 is 10.1 Å². The van der Waals surface area contributed by atoms with Crippen LogP contribution in [0.15, 0.2) is 42.5 Å². The van der Waals surface area contributed by atoms with Crippen molar-refractivity contribution >= 4 is 17.7 Å². The van der Waals surface area contributed by atoms with Gasteiger partial charge in [-0.3, -0.25) is 19.3 Å². The lowest BCUT2D eigenvalue weighted by Crippen LogP contribution is -2.52. The Hall–Kier alpha value is -3.15. The Kier molecular flexibility index (Phi) is 5.49. The molecule has 6 heteroatoms. The first kappa shape index (κ1) is 19.6. The van der Waals surface area contributed by atoms with E-state index in [2.05, 4.69) is 5.32 Å². The van der Waals surface area contributed by atoms with Crippen LogP contribution in [-0.4, -0.2) is 35.8 Å². The molecule has 1 aliphatic rings. The van der Waals surface area contributed by atoms with Gasteiger partial charge in [0.15, 0.2) is 0 Å². The molecule has 28 heavy (non-hydrogen) atoms. The minimum absolute atomic E-state index is 0.227. The number of rotatable bonds is 6. The fourth-order valence-corrected chi connectivity index (χ4v) is 3.45. The van der Waals surface area contributed by atoms with Gasteiger partial charge in [0.1, 0.15) is 11.8 Å². The first-order valence-corrected chi connectivity index (χ1v) is 9.23. The van der Waals surface area contributed by atoms with Gasteiger partial charge in [-0.1, -0.05) is 38.1 Å². The minimum atomic E-state index is -0.875.